The van der Waals surface area contributed by atoms with Crippen LogP contribution in [0, 0.1) is 0 Å². The lowest BCUT2D eigenvalue weighted by molar-refractivity contribution is 0.0552. The zero-order chi connectivity index (χ0) is 15.7. The maximum atomic E-state index is 9.95. The molecule has 0 bridgehead atoms. The van der Waals surface area contributed by atoms with Gasteiger partial charge in [0.05, 0.1) is 13.2 Å². The van der Waals surface area contributed by atoms with Crippen LogP contribution in [0.15, 0.2) is 24.3 Å². The number of halogens is 1. The molecule has 0 heterocycles. The topological polar surface area (TPSA) is 73.2 Å². The van der Waals surface area contributed by atoms with E-state index in [4.69, 9.17) is 14.9 Å². The number of aliphatic hydroxyl groups is 3. The lowest BCUT2D eigenvalue weighted by atomic mass is 10.0. The number of ether oxygens (including phenoxy) is 1. The van der Waals surface area contributed by atoms with Crippen molar-refractivity contribution in [1.82, 2.24) is 4.90 Å². The smallest absolute Gasteiger partial charge is 0.119 e. The number of hydrogen-bond donors (Lipinski definition) is 3. The fourth-order valence-electron chi connectivity index (χ4n) is 2.07. The van der Waals surface area contributed by atoms with Crippen LogP contribution < -0.4 is 4.74 Å². The average Bonchev–Trinajstić information content (AvgIpc) is 2.46. The normalized spacial score (nSPS) is 12.3. The van der Waals surface area contributed by atoms with E-state index in [1.807, 2.05) is 24.3 Å². The van der Waals surface area contributed by atoms with Crippen molar-refractivity contribution in [2.45, 2.75) is 25.9 Å². The van der Waals surface area contributed by atoms with Gasteiger partial charge in [-0.2, -0.15) is 0 Å². The Morgan fingerprint density at radius 3 is 2.05 bits per heavy atom. The highest BCUT2D eigenvalue weighted by atomic mass is 35.5. The van der Waals surface area contributed by atoms with Crippen molar-refractivity contribution in [1.29, 1.82) is 0 Å². The first-order valence-electron chi connectivity index (χ1n) is 7.41. The minimum atomic E-state index is -0.659. The van der Waals surface area contributed by atoms with Gasteiger partial charge in [-0.05, 0) is 23.6 Å². The van der Waals surface area contributed by atoms with Crippen LogP contribution in [0.5, 0.6) is 5.75 Å². The monoisotopic (exact) mass is 333 g/mol. The Balaban J connectivity index is 0.00000441. The molecule has 0 saturated carbocycles. The van der Waals surface area contributed by atoms with Gasteiger partial charge in [-0.25, -0.2) is 0 Å². The fraction of sp³-hybridized carbons (Fsp3) is 0.625. The molecule has 0 aromatic heterocycles. The summed E-state index contributed by atoms with van der Waals surface area (Å²) in [6, 6.07) is 7.86. The standard InChI is InChI=1S/C16H27NO4.ClH/c1-13(2)14-3-5-16(6-4-14)21-12-15(20)11-17(7-9-18)8-10-19;/h3-6,13,15,18-20H,7-12H2,1-2H3;1H. The van der Waals surface area contributed by atoms with Crippen molar-refractivity contribution in [3.05, 3.63) is 29.8 Å². The molecule has 5 nitrogen and oxygen atoms in total. The van der Waals surface area contributed by atoms with Crippen molar-refractivity contribution < 1.29 is 20.1 Å². The molecule has 22 heavy (non-hydrogen) atoms. The molecule has 1 aromatic rings. The van der Waals surface area contributed by atoms with Crippen LogP contribution in [0.25, 0.3) is 0 Å². The summed E-state index contributed by atoms with van der Waals surface area (Å²) < 4.78 is 5.56. The second kappa shape index (κ2) is 11.7. The number of hydrogen-bond acceptors (Lipinski definition) is 5. The van der Waals surface area contributed by atoms with E-state index in [1.165, 1.54) is 5.56 Å². The largest absolute Gasteiger partial charge is 0.491 e. The molecule has 0 aliphatic heterocycles. The summed E-state index contributed by atoms with van der Waals surface area (Å²) in [5.41, 5.74) is 1.25. The zero-order valence-electron chi connectivity index (χ0n) is 13.3. The van der Waals surface area contributed by atoms with Gasteiger partial charge in [0, 0.05) is 19.6 Å². The van der Waals surface area contributed by atoms with Crippen LogP contribution in [-0.4, -0.2) is 65.8 Å². The van der Waals surface area contributed by atoms with Gasteiger partial charge >= 0.3 is 0 Å². The third kappa shape index (κ3) is 7.96. The Morgan fingerprint density at radius 2 is 1.59 bits per heavy atom. The van der Waals surface area contributed by atoms with Crippen molar-refractivity contribution in [3.63, 3.8) is 0 Å². The van der Waals surface area contributed by atoms with Crippen LogP contribution in [-0.2, 0) is 0 Å². The summed E-state index contributed by atoms with van der Waals surface area (Å²) in [6.45, 7) is 5.70. The van der Waals surface area contributed by atoms with Gasteiger partial charge in [0.2, 0.25) is 0 Å². The van der Waals surface area contributed by atoms with E-state index in [0.717, 1.165) is 5.75 Å². The van der Waals surface area contributed by atoms with Crippen molar-refractivity contribution in [3.8, 4) is 5.75 Å². The van der Waals surface area contributed by atoms with Crippen LogP contribution in [0.1, 0.15) is 25.3 Å². The van der Waals surface area contributed by atoms with Gasteiger partial charge in [0.1, 0.15) is 18.5 Å². The molecule has 128 valence electrons. The Bertz CT molecular complexity index is 380. The number of benzene rings is 1. The van der Waals surface area contributed by atoms with Crippen molar-refractivity contribution >= 4 is 12.4 Å². The van der Waals surface area contributed by atoms with E-state index in [-0.39, 0.29) is 32.2 Å². The molecular formula is C16H28ClNO4. The summed E-state index contributed by atoms with van der Waals surface area (Å²) in [6.07, 6.45) is -0.659. The van der Waals surface area contributed by atoms with Gasteiger partial charge < -0.3 is 20.1 Å². The molecule has 0 aliphatic rings. The molecule has 1 unspecified atom stereocenters. The van der Waals surface area contributed by atoms with E-state index in [9.17, 15) is 5.11 Å². The second-order valence-corrected chi connectivity index (χ2v) is 5.44. The van der Waals surface area contributed by atoms with Crippen LogP contribution in [0.4, 0.5) is 0 Å². The molecule has 1 rings (SSSR count). The molecule has 1 atom stereocenters. The second-order valence-electron chi connectivity index (χ2n) is 5.44. The first kappa shape index (κ1) is 21.1. The van der Waals surface area contributed by atoms with Gasteiger partial charge in [0.25, 0.3) is 0 Å². The molecule has 0 fully saturated rings. The van der Waals surface area contributed by atoms with E-state index < -0.39 is 6.10 Å². The lowest BCUT2D eigenvalue weighted by Crippen LogP contribution is -2.38. The van der Waals surface area contributed by atoms with E-state index in [2.05, 4.69) is 13.8 Å². The summed E-state index contributed by atoms with van der Waals surface area (Å²) in [4.78, 5) is 1.80. The molecular weight excluding hydrogens is 306 g/mol. The van der Waals surface area contributed by atoms with Gasteiger partial charge in [-0.15, -0.1) is 12.4 Å². The van der Waals surface area contributed by atoms with E-state index in [1.54, 1.807) is 4.90 Å². The maximum Gasteiger partial charge on any atom is 0.119 e. The lowest BCUT2D eigenvalue weighted by Gasteiger charge is -2.23. The highest BCUT2D eigenvalue weighted by Crippen LogP contribution is 2.18. The number of rotatable bonds is 10. The zero-order valence-corrected chi connectivity index (χ0v) is 14.1. The SMILES string of the molecule is CC(C)c1ccc(OCC(O)CN(CCO)CCO)cc1.Cl. The highest BCUT2D eigenvalue weighted by molar-refractivity contribution is 5.85. The van der Waals surface area contributed by atoms with Crippen LogP contribution >= 0.6 is 12.4 Å². The molecule has 0 radical (unpaired) electrons. The Labute approximate surface area is 138 Å². The summed E-state index contributed by atoms with van der Waals surface area (Å²) in [7, 11) is 0. The molecule has 0 saturated heterocycles. The highest BCUT2D eigenvalue weighted by Gasteiger charge is 2.12. The molecule has 0 aliphatic carbocycles. The number of aliphatic hydroxyl groups excluding tert-OH is 3. The summed E-state index contributed by atoms with van der Waals surface area (Å²) >= 11 is 0. The molecule has 0 spiro atoms. The number of nitrogens with zero attached hydrogens (tertiary/aromatic N) is 1. The quantitative estimate of drug-likeness (QED) is 0.601. The minimum Gasteiger partial charge on any atom is -0.491 e. The average molecular weight is 334 g/mol. The van der Waals surface area contributed by atoms with Crippen LogP contribution in [0.3, 0.4) is 0 Å². The Morgan fingerprint density at radius 1 is 1.05 bits per heavy atom. The van der Waals surface area contributed by atoms with Crippen molar-refractivity contribution in [2.24, 2.45) is 0 Å². The first-order valence-corrected chi connectivity index (χ1v) is 7.41. The summed E-state index contributed by atoms with van der Waals surface area (Å²) in [5.74, 6) is 1.21. The molecule has 3 N–H and O–H groups in total. The molecule has 1 aromatic carbocycles. The van der Waals surface area contributed by atoms with Crippen molar-refractivity contribution in [2.75, 3.05) is 39.5 Å². The minimum absolute atomic E-state index is 0. The first-order chi connectivity index (χ1) is 10.1. The summed E-state index contributed by atoms with van der Waals surface area (Å²) in [5, 5.41) is 27.8. The third-order valence-electron chi connectivity index (χ3n) is 3.29. The predicted molar refractivity (Wildman–Crippen MR) is 89.9 cm³/mol. The van der Waals surface area contributed by atoms with Crippen LogP contribution in [0.2, 0.25) is 0 Å². The fourth-order valence-corrected chi connectivity index (χ4v) is 2.07. The van der Waals surface area contributed by atoms with Gasteiger partial charge in [0.15, 0.2) is 0 Å². The van der Waals surface area contributed by atoms with E-state index in [0.29, 0.717) is 25.6 Å². The predicted octanol–water partition coefficient (Wildman–Crippen LogP) is 1.26. The third-order valence-corrected chi connectivity index (χ3v) is 3.29. The van der Waals surface area contributed by atoms with Gasteiger partial charge in [-0.3, -0.25) is 4.90 Å². The Hall–Kier alpha value is -0.850. The molecule has 0 amide bonds. The molecule has 6 heteroatoms. The van der Waals surface area contributed by atoms with Gasteiger partial charge in [-0.1, -0.05) is 26.0 Å². The Kier molecular flexibility index (Phi) is 11.2. The van der Waals surface area contributed by atoms with E-state index >= 15 is 0 Å². The maximum absolute atomic E-state index is 9.95.